The standard InChI is InChI=1S/C12H23NO2S/c1-4-5-6-7-8-9-13-10(11(14)15)12(2,3)16-9/h9-10,13H,4-8H2,1-3H3,(H,14,15). The topological polar surface area (TPSA) is 49.3 Å². The number of aliphatic carboxylic acids is 1. The number of rotatable bonds is 6. The zero-order valence-electron chi connectivity index (χ0n) is 10.5. The summed E-state index contributed by atoms with van der Waals surface area (Å²) in [5.74, 6) is -0.728. The zero-order chi connectivity index (χ0) is 12.2. The van der Waals surface area contributed by atoms with E-state index >= 15 is 0 Å². The summed E-state index contributed by atoms with van der Waals surface area (Å²) in [4.78, 5) is 11.1. The highest BCUT2D eigenvalue weighted by molar-refractivity contribution is 8.01. The van der Waals surface area contributed by atoms with Gasteiger partial charge in [-0.25, -0.2) is 0 Å². The van der Waals surface area contributed by atoms with Crippen LogP contribution in [0.3, 0.4) is 0 Å². The fraction of sp³-hybridized carbons (Fsp3) is 0.917. The third-order valence-electron chi connectivity index (χ3n) is 3.06. The first-order valence-corrected chi connectivity index (χ1v) is 7.02. The van der Waals surface area contributed by atoms with Gasteiger partial charge in [0.2, 0.25) is 0 Å². The van der Waals surface area contributed by atoms with Crippen molar-refractivity contribution < 1.29 is 9.90 Å². The molecule has 1 aliphatic rings. The molecule has 1 aliphatic heterocycles. The molecule has 1 rings (SSSR count). The Balaban J connectivity index is 2.34. The Morgan fingerprint density at radius 1 is 1.38 bits per heavy atom. The van der Waals surface area contributed by atoms with E-state index in [0.717, 1.165) is 6.42 Å². The minimum atomic E-state index is -0.728. The van der Waals surface area contributed by atoms with Gasteiger partial charge in [0.1, 0.15) is 6.04 Å². The fourth-order valence-corrected chi connectivity index (χ4v) is 3.65. The molecular weight excluding hydrogens is 222 g/mol. The molecule has 1 fully saturated rings. The Bertz CT molecular complexity index is 243. The molecule has 16 heavy (non-hydrogen) atoms. The Hall–Kier alpha value is -0.220. The first-order valence-electron chi connectivity index (χ1n) is 6.14. The Kier molecular flexibility index (Phi) is 5.12. The number of unbranched alkanes of at least 4 members (excludes halogenated alkanes) is 3. The van der Waals surface area contributed by atoms with Crippen molar-refractivity contribution in [2.24, 2.45) is 0 Å². The molecule has 94 valence electrons. The third-order valence-corrected chi connectivity index (χ3v) is 4.56. The van der Waals surface area contributed by atoms with Crippen LogP contribution in [0.5, 0.6) is 0 Å². The SMILES string of the molecule is CCCCCCC1NC(C(=O)O)C(C)(C)S1. The Morgan fingerprint density at radius 3 is 2.56 bits per heavy atom. The summed E-state index contributed by atoms with van der Waals surface area (Å²) < 4.78 is -0.193. The molecule has 0 aromatic rings. The lowest BCUT2D eigenvalue weighted by atomic mass is 10.0. The molecule has 0 aromatic heterocycles. The fourth-order valence-electron chi connectivity index (χ4n) is 2.12. The molecule has 0 saturated carbocycles. The summed E-state index contributed by atoms with van der Waals surface area (Å²) in [7, 11) is 0. The number of carbonyl (C=O) groups is 1. The quantitative estimate of drug-likeness (QED) is 0.706. The zero-order valence-corrected chi connectivity index (χ0v) is 11.3. The molecular formula is C12H23NO2S. The summed E-state index contributed by atoms with van der Waals surface area (Å²) in [6.45, 7) is 6.22. The van der Waals surface area contributed by atoms with Gasteiger partial charge in [-0.2, -0.15) is 0 Å². The van der Waals surface area contributed by atoms with Crippen molar-refractivity contribution in [1.29, 1.82) is 0 Å². The Labute approximate surface area is 102 Å². The minimum absolute atomic E-state index is 0.193. The maximum absolute atomic E-state index is 11.1. The summed E-state index contributed by atoms with van der Waals surface area (Å²) in [5.41, 5.74) is 0. The Morgan fingerprint density at radius 2 is 2.06 bits per heavy atom. The van der Waals surface area contributed by atoms with E-state index < -0.39 is 12.0 Å². The van der Waals surface area contributed by atoms with Crippen LogP contribution in [0.1, 0.15) is 52.9 Å². The normalized spacial score (nSPS) is 28.2. The molecule has 2 N–H and O–H groups in total. The molecule has 4 heteroatoms. The number of carboxylic acids is 1. The first kappa shape index (κ1) is 13.8. The highest BCUT2D eigenvalue weighted by Crippen LogP contribution is 2.39. The molecule has 1 saturated heterocycles. The second kappa shape index (κ2) is 5.92. The van der Waals surface area contributed by atoms with E-state index in [9.17, 15) is 4.79 Å². The molecule has 0 aromatic carbocycles. The summed E-state index contributed by atoms with van der Waals surface area (Å²) in [5, 5.41) is 12.6. The smallest absolute Gasteiger partial charge is 0.322 e. The maximum atomic E-state index is 11.1. The second-order valence-electron chi connectivity index (χ2n) is 5.00. The number of hydrogen-bond donors (Lipinski definition) is 2. The predicted octanol–water partition coefficient (Wildman–Crippen LogP) is 2.85. The van der Waals surface area contributed by atoms with Crippen LogP contribution in [0.4, 0.5) is 0 Å². The number of hydrogen-bond acceptors (Lipinski definition) is 3. The molecule has 1 heterocycles. The van der Waals surface area contributed by atoms with Crippen LogP contribution in [-0.4, -0.2) is 27.2 Å². The molecule has 0 aliphatic carbocycles. The van der Waals surface area contributed by atoms with E-state index in [-0.39, 0.29) is 4.75 Å². The van der Waals surface area contributed by atoms with Crippen LogP contribution in [0.25, 0.3) is 0 Å². The van der Waals surface area contributed by atoms with Crippen molar-refractivity contribution in [3.8, 4) is 0 Å². The van der Waals surface area contributed by atoms with Gasteiger partial charge >= 0.3 is 5.97 Å². The van der Waals surface area contributed by atoms with Crippen LogP contribution in [0.2, 0.25) is 0 Å². The molecule has 2 atom stereocenters. The van der Waals surface area contributed by atoms with E-state index in [0.29, 0.717) is 5.37 Å². The summed E-state index contributed by atoms with van der Waals surface area (Å²) in [6.07, 6.45) is 6.06. The molecule has 0 spiro atoms. The van der Waals surface area contributed by atoms with Gasteiger partial charge in [0.15, 0.2) is 0 Å². The lowest BCUT2D eigenvalue weighted by Gasteiger charge is -2.20. The van der Waals surface area contributed by atoms with E-state index in [4.69, 9.17) is 5.11 Å². The van der Waals surface area contributed by atoms with Gasteiger partial charge in [-0.15, -0.1) is 11.8 Å². The van der Waals surface area contributed by atoms with Crippen molar-refractivity contribution in [3.63, 3.8) is 0 Å². The van der Waals surface area contributed by atoms with Gasteiger partial charge in [0.25, 0.3) is 0 Å². The van der Waals surface area contributed by atoms with Crippen LogP contribution in [-0.2, 0) is 4.79 Å². The van der Waals surface area contributed by atoms with Crippen molar-refractivity contribution >= 4 is 17.7 Å². The average Bonchev–Trinajstić information content (AvgIpc) is 2.48. The van der Waals surface area contributed by atoms with Crippen molar-refractivity contribution in [3.05, 3.63) is 0 Å². The minimum Gasteiger partial charge on any atom is -0.480 e. The molecule has 2 unspecified atom stereocenters. The van der Waals surface area contributed by atoms with Crippen molar-refractivity contribution in [2.45, 2.75) is 69.0 Å². The van der Waals surface area contributed by atoms with E-state index in [1.807, 2.05) is 13.8 Å². The van der Waals surface area contributed by atoms with Crippen LogP contribution in [0, 0.1) is 0 Å². The summed E-state index contributed by atoms with van der Waals surface area (Å²) in [6, 6.07) is -0.409. The van der Waals surface area contributed by atoms with Crippen LogP contribution in [0.15, 0.2) is 0 Å². The number of nitrogens with one attached hydrogen (secondary N) is 1. The van der Waals surface area contributed by atoms with Gasteiger partial charge in [-0.05, 0) is 20.3 Å². The van der Waals surface area contributed by atoms with Gasteiger partial charge in [-0.3, -0.25) is 10.1 Å². The highest BCUT2D eigenvalue weighted by atomic mass is 32.2. The molecule has 0 amide bonds. The van der Waals surface area contributed by atoms with Gasteiger partial charge in [-0.1, -0.05) is 32.6 Å². The maximum Gasteiger partial charge on any atom is 0.322 e. The van der Waals surface area contributed by atoms with E-state index in [1.165, 1.54) is 25.7 Å². The van der Waals surface area contributed by atoms with Gasteiger partial charge in [0, 0.05) is 4.75 Å². The largest absolute Gasteiger partial charge is 0.480 e. The van der Waals surface area contributed by atoms with Crippen molar-refractivity contribution in [2.75, 3.05) is 0 Å². The predicted molar refractivity (Wildman–Crippen MR) is 68.8 cm³/mol. The first-order chi connectivity index (χ1) is 7.47. The van der Waals surface area contributed by atoms with E-state index in [2.05, 4.69) is 12.2 Å². The van der Waals surface area contributed by atoms with Crippen LogP contribution >= 0.6 is 11.8 Å². The summed E-state index contributed by atoms with van der Waals surface area (Å²) >= 11 is 1.77. The molecule has 3 nitrogen and oxygen atoms in total. The average molecular weight is 245 g/mol. The number of thioether (sulfide) groups is 1. The van der Waals surface area contributed by atoms with E-state index in [1.54, 1.807) is 11.8 Å². The lowest BCUT2D eigenvalue weighted by Crippen LogP contribution is -2.44. The van der Waals surface area contributed by atoms with Gasteiger partial charge < -0.3 is 5.11 Å². The van der Waals surface area contributed by atoms with Crippen LogP contribution < -0.4 is 5.32 Å². The third kappa shape index (κ3) is 3.67. The van der Waals surface area contributed by atoms with Gasteiger partial charge in [0.05, 0.1) is 5.37 Å². The monoisotopic (exact) mass is 245 g/mol. The molecule has 0 radical (unpaired) electrons. The lowest BCUT2D eigenvalue weighted by molar-refractivity contribution is -0.139. The van der Waals surface area contributed by atoms with Crippen molar-refractivity contribution in [1.82, 2.24) is 5.32 Å². The number of carboxylic acid groups (broad SMARTS) is 1. The second-order valence-corrected chi connectivity index (χ2v) is 6.85. The molecule has 0 bridgehead atoms. The highest BCUT2D eigenvalue weighted by Gasteiger charge is 2.44.